The van der Waals surface area contributed by atoms with Gasteiger partial charge in [0.1, 0.15) is 18.3 Å². The number of rotatable bonds is 0. The van der Waals surface area contributed by atoms with Gasteiger partial charge in [-0.15, -0.1) is 0 Å². The van der Waals surface area contributed by atoms with E-state index in [2.05, 4.69) is 5.16 Å². The van der Waals surface area contributed by atoms with Crippen LogP contribution >= 0.6 is 0 Å². The molecule has 0 aromatic heterocycles. The first kappa shape index (κ1) is 12.8. The summed E-state index contributed by atoms with van der Waals surface area (Å²) in [4.78, 5) is 5.59. The molecule has 7 atom stereocenters. The lowest BCUT2D eigenvalue weighted by atomic mass is 9.80. The Morgan fingerprint density at radius 1 is 1.00 bits per heavy atom. The Hall–Kier alpha value is -0.690. The van der Waals surface area contributed by atoms with Crippen LogP contribution in [0.15, 0.2) is 5.16 Å². The Kier molecular flexibility index (Phi) is 2.56. The predicted molar refractivity (Wildman–Crippen MR) is 71.6 cm³/mol. The van der Waals surface area contributed by atoms with Crippen molar-refractivity contribution >= 4 is 5.71 Å². The minimum atomic E-state index is -0.596. The highest BCUT2D eigenvalue weighted by Crippen LogP contribution is 2.46. The molecule has 0 aromatic carbocycles. The fourth-order valence-corrected chi connectivity index (χ4v) is 4.47. The molecule has 3 saturated heterocycles. The van der Waals surface area contributed by atoms with Gasteiger partial charge in [-0.2, -0.15) is 0 Å². The Bertz CT molecular complexity index is 492. The van der Waals surface area contributed by atoms with Crippen molar-refractivity contribution in [2.45, 2.75) is 82.1 Å². The molecule has 0 bridgehead atoms. The number of ether oxygens (including phenoxy) is 4. The van der Waals surface area contributed by atoms with Gasteiger partial charge >= 0.3 is 0 Å². The van der Waals surface area contributed by atoms with E-state index in [-0.39, 0.29) is 36.8 Å². The van der Waals surface area contributed by atoms with Gasteiger partial charge in [-0.1, -0.05) is 5.16 Å². The first-order valence-electron chi connectivity index (χ1n) is 8.00. The summed E-state index contributed by atoms with van der Waals surface area (Å²) in [6.07, 6.45) is 3.85. The van der Waals surface area contributed by atoms with Crippen LogP contribution in [0.2, 0.25) is 0 Å². The van der Waals surface area contributed by atoms with E-state index in [9.17, 15) is 0 Å². The molecule has 0 amide bonds. The van der Waals surface area contributed by atoms with Gasteiger partial charge in [0, 0.05) is 6.42 Å². The molecule has 6 nitrogen and oxygen atoms in total. The summed E-state index contributed by atoms with van der Waals surface area (Å²) in [7, 11) is 0. The molecule has 1 saturated carbocycles. The highest BCUT2D eigenvalue weighted by molar-refractivity contribution is 5.89. The molecule has 5 aliphatic rings. The highest BCUT2D eigenvalue weighted by Gasteiger charge is 2.59. The maximum Gasteiger partial charge on any atom is 0.190 e. The van der Waals surface area contributed by atoms with Gasteiger partial charge in [0.25, 0.3) is 0 Å². The van der Waals surface area contributed by atoms with Crippen molar-refractivity contribution in [1.82, 2.24) is 0 Å². The predicted octanol–water partition coefficient (Wildman–Crippen LogP) is 1.58. The zero-order chi connectivity index (χ0) is 14.2. The van der Waals surface area contributed by atoms with Crippen molar-refractivity contribution in [2.24, 2.45) is 11.1 Å². The molecule has 0 aromatic rings. The summed E-state index contributed by atoms with van der Waals surface area (Å²) in [6.45, 7) is 3.84. The van der Waals surface area contributed by atoms with Crippen molar-refractivity contribution in [1.29, 1.82) is 0 Å². The van der Waals surface area contributed by atoms with Gasteiger partial charge in [-0.05, 0) is 33.1 Å². The quantitative estimate of drug-likeness (QED) is 0.679. The van der Waals surface area contributed by atoms with Crippen molar-refractivity contribution in [3.05, 3.63) is 0 Å². The van der Waals surface area contributed by atoms with Crippen LogP contribution < -0.4 is 0 Å². The fraction of sp³-hybridized carbons (Fsp3) is 0.933. The van der Waals surface area contributed by atoms with Gasteiger partial charge in [-0.3, -0.25) is 0 Å². The molecule has 4 fully saturated rings. The molecular weight excluding hydrogens is 274 g/mol. The molecule has 1 aliphatic carbocycles. The van der Waals surface area contributed by atoms with E-state index in [4.69, 9.17) is 23.8 Å². The lowest BCUT2D eigenvalue weighted by molar-refractivity contribution is -0.221. The van der Waals surface area contributed by atoms with E-state index in [1.807, 2.05) is 13.8 Å². The Balaban J connectivity index is 1.45. The molecule has 5 rings (SSSR count). The molecule has 21 heavy (non-hydrogen) atoms. The zero-order valence-corrected chi connectivity index (χ0v) is 12.4. The van der Waals surface area contributed by atoms with Crippen LogP contribution in [0.25, 0.3) is 0 Å². The van der Waals surface area contributed by atoms with Crippen molar-refractivity contribution < 1.29 is 23.8 Å². The summed E-state index contributed by atoms with van der Waals surface area (Å²) in [5.41, 5.74) is 1.11. The van der Waals surface area contributed by atoms with E-state index in [0.717, 1.165) is 31.4 Å². The van der Waals surface area contributed by atoms with Crippen LogP contribution in [-0.2, 0) is 23.8 Å². The van der Waals surface area contributed by atoms with Crippen LogP contribution in [0, 0.1) is 5.92 Å². The van der Waals surface area contributed by atoms with Gasteiger partial charge < -0.3 is 23.8 Å². The van der Waals surface area contributed by atoms with Crippen LogP contribution in [-0.4, -0.2) is 48.3 Å². The van der Waals surface area contributed by atoms with Gasteiger partial charge in [-0.25, -0.2) is 0 Å². The smallest absolute Gasteiger partial charge is 0.190 e. The largest absolute Gasteiger partial charge is 0.392 e. The topological polar surface area (TPSA) is 58.5 Å². The number of hydrogen-bond donors (Lipinski definition) is 0. The van der Waals surface area contributed by atoms with Crippen LogP contribution in [0.4, 0.5) is 0 Å². The van der Waals surface area contributed by atoms with E-state index in [1.54, 1.807) is 0 Å². The van der Waals surface area contributed by atoms with Gasteiger partial charge in [0.05, 0.1) is 23.8 Å². The SMILES string of the molecule is CC1(C)O[C@H]2O[C@@H]3CC4=NO[C@@H]5CCC[C@H](O[C@@H]3[C@H]2O1)[C@H]45. The Morgan fingerprint density at radius 3 is 2.76 bits per heavy atom. The molecule has 0 N–H and O–H groups in total. The molecule has 6 heteroatoms. The molecule has 0 radical (unpaired) electrons. The van der Waals surface area contributed by atoms with Gasteiger partial charge in [0.2, 0.25) is 0 Å². The van der Waals surface area contributed by atoms with Crippen LogP contribution in [0.1, 0.15) is 39.5 Å². The lowest BCUT2D eigenvalue weighted by Crippen LogP contribution is -2.42. The summed E-state index contributed by atoms with van der Waals surface area (Å²) in [6, 6.07) is 0. The Labute approximate surface area is 123 Å². The Morgan fingerprint density at radius 2 is 1.86 bits per heavy atom. The van der Waals surface area contributed by atoms with Crippen molar-refractivity contribution in [2.75, 3.05) is 0 Å². The summed E-state index contributed by atoms with van der Waals surface area (Å²) >= 11 is 0. The number of nitrogens with zero attached hydrogens (tertiary/aromatic N) is 1. The molecule has 0 spiro atoms. The molecule has 4 heterocycles. The van der Waals surface area contributed by atoms with Crippen LogP contribution in [0.5, 0.6) is 0 Å². The van der Waals surface area contributed by atoms with E-state index in [1.165, 1.54) is 0 Å². The van der Waals surface area contributed by atoms with E-state index in [0.29, 0.717) is 5.92 Å². The average Bonchev–Trinajstić information content (AvgIpc) is 3.01. The second kappa shape index (κ2) is 4.19. The fourth-order valence-electron chi connectivity index (χ4n) is 4.47. The molecule has 116 valence electrons. The van der Waals surface area contributed by atoms with Crippen molar-refractivity contribution in [3.63, 3.8) is 0 Å². The number of hydrogen-bond acceptors (Lipinski definition) is 6. The first-order valence-corrected chi connectivity index (χ1v) is 8.00. The van der Waals surface area contributed by atoms with Gasteiger partial charge in [0.15, 0.2) is 12.1 Å². The zero-order valence-electron chi connectivity index (χ0n) is 12.4. The maximum atomic E-state index is 6.44. The number of oxime groups is 1. The third-order valence-corrected chi connectivity index (χ3v) is 5.30. The first-order chi connectivity index (χ1) is 10.1. The second-order valence-electron chi connectivity index (χ2n) is 7.17. The monoisotopic (exact) mass is 295 g/mol. The molecule has 0 unspecified atom stereocenters. The summed E-state index contributed by atoms with van der Waals surface area (Å²) in [5.74, 6) is -0.289. The second-order valence-corrected chi connectivity index (χ2v) is 7.17. The minimum Gasteiger partial charge on any atom is -0.392 e. The summed E-state index contributed by atoms with van der Waals surface area (Å²) in [5, 5.41) is 4.32. The lowest BCUT2D eigenvalue weighted by Gasteiger charge is -2.33. The standard InChI is InChI=1S/C15H21NO5/c1-15(2)19-13-12-10(18-14(13)20-15)6-7-11-8(17-12)4-3-5-9(11)21-16-7/h8-14H,3-6H2,1-2H3/t8-,9+,10+,11-,12-,13+,14+/m0/s1. The highest BCUT2D eigenvalue weighted by atomic mass is 16.8. The number of fused-ring (bicyclic) bond motifs is 3. The van der Waals surface area contributed by atoms with Crippen LogP contribution in [0.3, 0.4) is 0 Å². The van der Waals surface area contributed by atoms with E-state index < -0.39 is 5.79 Å². The average molecular weight is 295 g/mol. The van der Waals surface area contributed by atoms with E-state index >= 15 is 0 Å². The third kappa shape index (κ3) is 1.82. The maximum absolute atomic E-state index is 6.44. The summed E-state index contributed by atoms with van der Waals surface area (Å²) < 4.78 is 24.3. The molecule has 4 aliphatic heterocycles. The normalized spacial score (nSPS) is 53.2. The minimum absolute atomic E-state index is 0.0391. The third-order valence-electron chi connectivity index (χ3n) is 5.30. The van der Waals surface area contributed by atoms with Crippen molar-refractivity contribution in [3.8, 4) is 0 Å². The molecular formula is C15H21NO5.